The van der Waals surface area contributed by atoms with Gasteiger partial charge >= 0.3 is 0 Å². The third-order valence-electron chi connectivity index (χ3n) is 3.30. The van der Waals surface area contributed by atoms with Gasteiger partial charge in [0.2, 0.25) is 0 Å². The minimum atomic E-state index is -1.52. The van der Waals surface area contributed by atoms with Gasteiger partial charge in [-0.1, -0.05) is 0 Å². The number of rotatable bonds is 3. The molecule has 0 saturated carbocycles. The molecule has 2 rings (SSSR count). The Hall–Kier alpha value is -0.780. The van der Waals surface area contributed by atoms with Crippen LogP contribution in [0.25, 0.3) is 0 Å². The molecule has 0 unspecified atom stereocenters. The molecule has 1 aliphatic heterocycles. The number of amides is 1. The molecule has 0 spiro atoms. The minimum Gasteiger partial charge on any atom is -0.394 e. The Morgan fingerprint density at radius 3 is 2.38 bits per heavy atom. The monoisotopic (exact) mass is 409 g/mol. The molecule has 116 valence electrons. The van der Waals surface area contributed by atoms with E-state index in [9.17, 15) is 20.1 Å². The van der Waals surface area contributed by atoms with Crippen LogP contribution in [0, 0.1) is 3.57 Å². The van der Waals surface area contributed by atoms with Gasteiger partial charge in [-0.15, -0.1) is 0 Å². The van der Waals surface area contributed by atoms with E-state index in [0.717, 1.165) is 3.57 Å². The van der Waals surface area contributed by atoms with Crippen molar-refractivity contribution in [2.45, 2.75) is 30.6 Å². The van der Waals surface area contributed by atoms with E-state index >= 15 is 0 Å². The second-order valence-electron chi connectivity index (χ2n) is 4.73. The summed E-state index contributed by atoms with van der Waals surface area (Å²) in [6.07, 6.45) is -5.46. The first kappa shape index (κ1) is 16.6. The average Bonchev–Trinajstić information content (AvgIpc) is 2.47. The highest BCUT2D eigenvalue weighted by atomic mass is 127. The highest BCUT2D eigenvalue weighted by Gasteiger charge is 2.44. The maximum absolute atomic E-state index is 12.1. The standard InChI is InChI=1S/C13H16INO6/c14-7-3-1-6(2-4-7)12(19)15-9-11(18)10(17)8(5-16)21-13(9)20/h1-4,8-11,13,16-18,20H,5H2,(H,15,19)/t8-,9-,10-,11-,13+/m1/s1. The average molecular weight is 409 g/mol. The van der Waals surface area contributed by atoms with Crippen molar-refractivity contribution in [3.05, 3.63) is 33.4 Å². The number of aliphatic hydroxyl groups excluding tert-OH is 4. The molecule has 1 aromatic rings. The fourth-order valence-electron chi connectivity index (χ4n) is 2.09. The van der Waals surface area contributed by atoms with Crippen molar-refractivity contribution >= 4 is 28.5 Å². The van der Waals surface area contributed by atoms with Crippen molar-refractivity contribution in [1.29, 1.82) is 0 Å². The number of hydrogen-bond donors (Lipinski definition) is 5. The first-order valence-electron chi connectivity index (χ1n) is 6.31. The SMILES string of the molecule is O=C(N[C@@H]1[C@@H](O)[C@H](O)[C@@H](CO)O[C@@H]1O)c1ccc(I)cc1. The molecule has 1 aromatic carbocycles. The van der Waals surface area contributed by atoms with Crippen LogP contribution in [-0.4, -0.2) is 63.6 Å². The molecule has 5 atom stereocenters. The number of carbonyl (C=O) groups is 1. The molecule has 1 saturated heterocycles. The molecule has 0 aromatic heterocycles. The summed E-state index contributed by atoms with van der Waals surface area (Å²) in [5.41, 5.74) is 0.355. The van der Waals surface area contributed by atoms with E-state index in [1.807, 2.05) is 0 Å². The van der Waals surface area contributed by atoms with Crippen molar-refractivity contribution in [2.75, 3.05) is 6.61 Å². The van der Waals surface area contributed by atoms with Gasteiger partial charge in [0.15, 0.2) is 6.29 Å². The molecule has 5 N–H and O–H groups in total. The van der Waals surface area contributed by atoms with Crippen LogP contribution in [0.1, 0.15) is 10.4 Å². The third-order valence-corrected chi connectivity index (χ3v) is 4.02. The van der Waals surface area contributed by atoms with E-state index in [0.29, 0.717) is 5.56 Å². The van der Waals surface area contributed by atoms with Crippen LogP contribution in [0.4, 0.5) is 0 Å². The highest BCUT2D eigenvalue weighted by molar-refractivity contribution is 14.1. The normalized spacial score (nSPS) is 32.7. The van der Waals surface area contributed by atoms with E-state index < -0.39 is 43.2 Å². The number of nitrogens with one attached hydrogen (secondary N) is 1. The number of halogens is 1. The van der Waals surface area contributed by atoms with Gasteiger partial charge in [-0.3, -0.25) is 4.79 Å². The van der Waals surface area contributed by atoms with Crippen LogP contribution in [0.5, 0.6) is 0 Å². The van der Waals surface area contributed by atoms with Crippen molar-refractivity contribution in [2.24, 2.45) is 0 Å². The number of carbonyl (C=O) groups excluding carboxylic acids is 1. The van der Waals surface area contributed by atoms with Crippen LogP contribution in [0.3, 0.4) is 0 Å². The Bertz CT molecular complexity index is 496. The van der Waals surface area contributed by atoms with Gasteiger partial charge in [0.25, 0.3) is 5.91 Å². The van der Waals surface area contributed by atoms with Gasteiger partial charge in [0.1, 0.15) is 24.4 Å². The molecule has 1 aliphatic rings. The minimum absolute atomic E-state index is 0.355. The summed E-state index contributed by atoms with van der Waals surface area (Å²) in [5, 5.41) is 40.9. The maximum atomic E-state index is 12.1. The van der Waals surface area contributed by atoms with Crippen molar-refractivity contribution in [1.82, 2.24) is 5.32 Å². The zero-order valence-electron chi connectivity index (χ0n) is 10.9. The summed E-state index contributed by atoms with van der Waals surface area (Å²) >= 11 is 2.10. The zero-order valence-corrected chi connectivity index (χ0v) is 13.0. The second-order valence-corrected chi connectivity index (χ2v) is 5.98. The van der Waals surface area contributed by atoms with Gasteiger partial charge in [0.05, 0.1) is 6.61 Å². The van der Waals surface area contributed by atoms with E-state index in [1.54, 1.807) is 24.3 Å². The molecule has 1 amide bonds. The Kier molecular flexibility index (Phi) is 5.52. The molecule has 1 heterocycles. The number of ether oxygens (including phenoxy) is 1. The molecule has 0 aliphatic carbocycles. The van der Waals surface area contributed by atoms with Gasteiger partial charge in [-0.25, -0.2) is 0 Å². The lowest BCUT2D eigenvalue weighted by Crippen LogP contribution is -2.64. The molecule has 8 heteroatoms. The third kappa shape index (κ3) is 3.71. The number of hydrogen-bond acceptors (Lipinski definition) is 6. The number of benzene rings is 1. The van der Waals surface area contributed by atoms with Crippen LogP contribution in [0.2, 0.25) is 0 Å². The van der Waals surface area contributed by atoms with Crippen molar-refractivity contribution < 1.29 is 30.0 Å². The van der Waals surface area contributed by atoms with Crippen molar-refractivity contribution in [3.63, 3.8) is 0 Å². The predicted molar refractivity (Wildman–Crippen MR) is 80.4 cm³/mol. The van der Waals surface area contributed by atoms with Gasteiger partial charge in [-0.05, 0) is 46.9 Å². The molecule has 7 nitrogen and oxygen atoms in total. The lowest BCUT2D eigenvalue weighted by atomic mass is 9.97. The van der Waals surface area contributed by atoms with Crippen LogP contribution in [-0.2, 0) is 4.74 Å². The Balaban J connectivity index is 2.07. The Morgan fingerprint density at radius 2 is 1.81 bits per heavy atom. The molecule has 21 heavy (non-hydrogen) atoms. The Labute approximate surface area is 134 Å². The zero-order chi connectivity index (χ0) is 15.6. The number of aliphatic hydroxyl groups is 4. The van der Waals surface area contributed by atoms with Crippen LogP contribution >= 0.6 is 22.6 Å². The van der Waals surface area contributed by atoms with E-state index in [2.05, 4.69) is 27.9 Å². The van der Waals surface area contributed by atoms with Crippen molar-refractivity contribution in [3.8, 4) is 0 Å². The summed E-state index contributed by atoms with van der Waals surface area (Å²) < 4.78 is 5.93. The first-order valence-corrected chi connectivity index (χ1v) is 7.39. The Morgan fingerprint density at radius 1 is 1.19 bits per heavy atom. The molecular formula is C13H16INO6. The first-order chi connectivity index (χ1) is 9.93. The van der Waals surface area contributed by atoms with Gasteiger partial charge in [-0.2, -0.15) is 0 Å². The highest BCUT2D eigenvalue weighted by Crippen LogP contribution is 2.20. The van der Waals surface area contributed by atoms with Crippen LogP contribution in [0.15, 0.2) is 24.3 Å². The topological polar surface area (TPSA) is 119 Å². The summed E-state index contributed by atoms with van der Waals surface area (Å²) in [6, 6.07) is 5.51. The maximum Gasteiger partial charge on any atom is 0.251 e. The second kappa shape index (κ2) is 6.99. The van der Waals surface area contributed by atoms with Gasteiger partial charge in [0, 0.05) is 9.13 Å². The van der Waals surface area contributed by atoms with E-state index in [1.165, 1.54) is 0 Å². The molecular weight excluding hydrogens is 393 g/mol. The summed E-state index contributed by atoms with van der Waals surface area (Å²) in [7, 11) is 0. The lowest BCUT2D eigenvalue weighted by Gasteiger charge is -2.40. The lowest BCUT2D eigenvalue weighted by molar-refractivity contribution is -0.252. The molecule has 1 fully saturated rings. The fraction of sp³-hybridized carbons (Fsp3) is 0.462. The summed E-state index contributed by atoms with van der Waals surface area (Å²) in [5.74, 6) is -0.507. The quantitative estimate of drug-likeness (QED) is 0.401. The smallest absolute Gasteiger partial charge is 0.251 e. The predicted octanol–water partition coefficient (Wildman–Crippen LogP) is -1.18. The largest absolute Gasteiger partial charge is 0.394 e. The van der Waals surface area contributed by atoms with E-state index in [4.69, 9.17) is 9.84 Å². The molecule has 0 radical (unpaired) electrons. The fourth-order valence-corrected chi connectivity index (χ4v) is 2.45. The summed E-state index contributed by atoms with van der Waals surface area (Å²) in [4.78, 5) is 12.1. The van der Waals surface area contributed by atoms with Gasteiger partial charge < -0.3 is 30.5 Å². The van der Waals surface area contributed by atoms with Crippen LogP contribution < -0.4 is 5.32 Å². The summed E-state index contributed by atoms with van der Waals surface area (Å²) in [6.45, 7) is -0.549. The van der Waals surface area contributed by atoms with E-state index in [-0.39, 0.29) is 0 Å². The molecule has 0 bridgehead atoms.